The Hall–Kier alpha value is -0.870. The molecule has 88 valence electrons. The summed E-state index contributed by atoms with van der Waals surface area (Å²) in [7, 11) is 3.71. The molecular weight excluding hydrogens is 194 g/mol. The van der Waals surface area contributed by atoms with Crippen LogP contribution in [0.5, 0.6) is 0 Å². The van der Waals surface area contributed by atoms with E-state index in [1.165, 1.54) is 0 Å². The molecular formula is C11H21NO3. The van der Waals surface area contributed by atoms with Crippen molar-refractivity contribution >= 4 is 5.97 Å². The predicted octanol–water partition coefficient (Wildman–Crippen LogP) is 1.37. The van der Waals surface area contributed by atoms with Gasteiger partial charge in [0.15, 0.2) is 0 Å². The Balaban J connectivity index is 4.22. The first-order valence-electron chi connectivity index (χ1n) is 4.98. The van der Waals surface area contributed by atoms with E-state index in [0.29, 0.717) is 6.61 Å². The van der Waals surface area contributed by atoms with Crippen molar-refractivity contribution in [2.75, 3.05) is 20.7 Å². The molecule has 0 aromatic heterocycles. The van der Waals surface area contributed by atoms with Crippen molar-refractivity contribution in [3.63, 3.8) is 0 Å². The van der Waals surface area contributed by atoms with Crippen LogP contribution in [0.4, 0.5) is 0 Å². The minimum Gasteiger partial charge on any atom is -0.481 e. The van der Waals surface area contributed by atoms with Gasteiger partial charge in [-0.2, -0.15) is 0 Å². The van der Waals surface area contributed by atoms with Gasteiger partial charge >= 0.3 is 5.97 Å². The number of rotatable bonds is 7. The largest absolute Gasteiger partial charge is 0.481 e. The lowest BCUT2D eigenvalue weighted by atomic mass is 10.1. The summed E-state index contributed by atoms with van der Waals surface area (Å²) < 4.78 is 5.52. The van der Waals surface area contributed by atoms with E-state index in [-0.39, 0.29) is 18.6 Å². The number of carboxylic acid groups (broad SMARTS) is 1. The van der Waals surface area contributed by atoms with Crippen molar-refractivity contribution in [1.29, 1.82) is 0 Å². The minimum absolute atomic E-state index is 0.0877. The molecule has 15 heavy (non-hydrogen) atoms. The van der Waals surface area contributed by atoms with Gasteiger partial charge in [0.2, 0.25) is 0 Å². The van der Waals surface area contributed by atoms with E-state index in [1.807, 2.05) is 32.8 Å². The zero-order valence-electron chi connectivity index (χ0n) is 9.99. The van der Waals surface area contributed by atoms with Crippen LogP contribution in [0.15, 0.2) is 12.2 Å². The maximum Gasteiger partial charge on any atom is 0.305 e. The van der Waals surface area contributed by atoms with E-state index in [9.17, 15) is 4.79 Å². The van der Waals surface area contributed by atoms with Crippen molar-refractivity contribution in [1.82, 2.24) is 4.90 Å². The molecule has 0 aromatic carbocycles. The summed E-state index contributed by atoms with van der Waals surface area (Å²) in [6.07, 6.45) is -0.0301. The maximum atomic E-state index is 10.7. The molecule has 0 bridgehead atoms. The van der Waals surface area contributed by atoms with Gasteiger partial charge in [-0.05, 0) is 27.9 Å². The number of carbonyl (C=O) groups is 1. The molecule has 4 nitrogen and oxygen atoms in total. The van der Waals surface area contributed by atoms with Gasteiger partial charge in [0.05, 0.1) is 19.1 Å². The molecule has 0 rings (SSSR count). The van der Waals surface area contributed by atoms with Crippen LogP contribution >= 0.6 is 0 Å². The van der Waals surface area contributed by atoms with Crippen LogP contribution in [0.2, 0.25) is 0 Å². The fraction of sp³-hybridized carbons (Fsp3) is 0.727. The van der Waals surface area contributed by atoms with Gasteiger partial charge in [0.25, 0.3) is 0 Å². The number of hydrogen-bond acceptors (Lipinski definition) is 3. The smallest absolute Gasteiger partial charge is 0.305 e. The highest BCUT2D eigenvalue weighted by Crippen LogP contribution is 2.10. The van der Waals surface area contributed by atoms with E-state index >= 15 is 0 Å². The van der Waals surface area contributed by atoms with Crippen LogP contribution in [0.3, 0.4) is 0 Å². The standard InChI is InChI=1S/C11H21NO3/c1-8(2)7-15-9(3)10(12(4)5)6-11(13)14/h9-10H,1,6-7H2,2-5H3,(H,13,14). The molecule has 0 amide bonds. The average molecular weight is 215 g/mol. The van der Waals surface area contributed by atoms with Crippen LogP contribution in [0, 0.1) is 0 Å². The van der Waals surface area contributed by atoms with E-state index in [2.05, 4.69) is 6.58 Å². The zero-order valence-corrected chi connectivity index (χ0v) is 9.99. The summed E-state index contributed by atoms with van der Waals surface area (Å²) in [6, 6.07) is -0.109. The molecule has 0 aliphatic heterocycles. The van der Waals surface area contributed by atoms with E-state index < -0.39 is 5.97 Å². The summed E-state index contributed by atoms with van der Waals surface area (Å²) in [5.41, 5.74) is 0.940. The molecule has 0 saturated heterocycles. The summed E-state index contributed by atoms with van der Waals surface area (Å²) in [6.45, 7) is 7.98. The summed E-state index contributed by atoms with van der Waals surface area (Å²) in [5, 5.41) is 8.76. The number of hydrogen-bond donors (Lipinski definition) is 1. The fourth-order valence-electron chi connectivity index (χ4n) is 1.33. The summed E-state index contributed by atoms with van der Waals surface area (Å²) >= 11 is 0. The van der Waals surface area contributed by atoms with Crippen molar-refractivity contribution in [2.45, 2.75) is 32.4 Å². The molecule has 0 spiro atoms. The molecule has 0 saturated carbocycles. The van der Waals surface area contributed by atoms with Gasteiger partial charge in [-0.25, -0.2) is 0 Å². The molecule has 0 heterocycles. The zero-order chi connectivity index (χ0) is 12.0. The second-order valence-corrected chi connectivity index (χ2v) is 4.10. The predicted molar refractivity (Wildman–Crippen MR) is 60.0 cm³/mol. The number of aliphatic carboxylic acids is 1. The van der Waals surface area contributed by atoms with Crippen LogP contribution < -0.4 is 0 Å². The Morgan fingerprint density at radius 3 is 2.40 bits per heavy atom. The number of likely N-dealkylation sites (N-methyl/N-ethyl adjacent to an activating group) is 1. The third kappa shape index (κ3) is 6.25. The van der Waals surface area contributed by atoms with Crippen molar-refractivity contribution in [2.24, 2.45) is 0 Å². The SMILES string of the molecule is C=C(C)COC(C)C(CC(=O)O)N(C)C. The monoisotopic (exact) mass is 215 g/mol. The Labute approximate surface area is 91.5 Å². The van der Waals surface area contributed by atoms with Crippen molar-refractivity contribution in [3.05, 3.63) is 12.2 Å². The molecule has 4 heteroatoms. The van der Waals surface area contributed by atoms with Gasteiger partial charge in [0, 0.05) is 6.04 Å². The topological polar surface area (TPSA) is 49.8 Å². The summed E-state index contributed by atoms with van der Waals surface area (Å²) in [5.74, 6) is -0.806. The first kappa shape index (κ1) is 14.1. The Morgan fingerprint density at radius 2 is 2.07 bits per heavy atom. The molecule has 2 unspecified atom stereocenters. The van der Waals surface area contributed by atoms with E-state index in [1.54, 1.807) is 0 Å². The van der Waals surface area contributed by atoms with Gasteiger partial charge in [-0.15, -0.1) is 0 Å². The average Bonchev–Trinajstić information content (AvgIpc) is 2.09. The van der Waals surface area contributed by atoms with E-state index in [4.69, 9.17) is 9.84 Å². The highest BCUT2D eigenvalue weighted by atomic mass is 16.5. The highest BCUT2D eigenvalue weighted by molar-refractivity contribution is 5.67. The Morgan fingerprint density at radius 1 is 1.53 bits per heavy atom. The van der Waals surface area contributed by atoms with Gasteiger partial charge in [-0.1, -0.05) is 12.2 Å². The second-order valence-electron chi connectivity index (χ2n) is 4.10. The maximum absolute atomic E-state index is 10.7. The van der Waals surface area contributed by atoms with Crippen LogP contribution in [0.25, 0.3) is 0 Å². The van der Waals surface area contributed by atoms with Crippen LogP contribution in [-0.4, -0.2) is 48.8 Å². The lowest BCUT2D eigenvalue weighted by molar-refractivity contribution is -0.139. The highest BCUT2D eigenvalue weighted by Gasteiger charge is 2.22. The van der Waals surface area contributed by atoms with Gasteiger partial charge in [0.1, 0.15) is 0 Å². The number of carboxylic acids is 1. The van der Waals surface area contributed by atoms with Gasteiger partial charge < -0.3 is 14.7 Å². The Bertz CT molecular complexity index is 226. The number of ether oxygens (including phenoxy) is 1. The lowest BCUT2D eigenvalue weighted by Crippen LogP contribution is -2.40. The second kappa shape index (κ2) is 6.58. The van der Waals surface area contributed by atoms with E-state index in [0.717, 1.165) is 5.57 Å². The molecule has 0 aromatic rings. The van der Waals surface area contributed by atoms with Crippen LogP contribution in [-0.2, 0) is 9.53 Å². The molecule has 0 aliphatic carbocycles. The molecule has 1 N–H and O–H groups in total. The first-order chi connectivity index (χ1) is 6.84. The third-order valence-electron chi connectivity index (χ3n) is 2.18. The molecule has 0 aliphatic rings. The Kier molecular flexibility index (Phi) is 6.20. The summed E-state index contributed by atoms with van der Waals surface area (Å²) in [4.78, 5) is 12.5. The molecule has 0 radical (unpaired) electrons. The van der Waals surface area contributed by atoms with Crippen molar-refractivity contribution < 1.29 is 14.6 Å². The lowest BCUT2D eigenvalue weighted by Gasteiger charge is -2.28. The third-order valence-corrected chi connectivity index (χ3v) is 2.18. The minimum atomic E-state index is -0.806. The van der Waals surface area contributed by atoms with Crippen LogP contribution in [0.1, 0.15) is 20.3 Å². The first-order valence-corrected chi connectivity index (χ1v) is 4.98. The molecule has 2 atom stereocenters. The fourth-order valence-corrected chi connectivity index (χ4v) is 1.33. The van der Waals surface area contributed by atoms with Gasteiger partial charge in [-0.3, -0.25) is 4.79 Å². The van der Waals surface area contributed by atoms with Crippen molar-refractivity contribution in [3.8, 4) is 0 Å². The number of nitrogens with zero attached hydrogens (tertiary/aromatic N) is 1. The molecule has 0 fully saturated rings. The normalized spacial score (nSPS) is 15.0. The quantitative estimate of drug-likeness (QED) is 0.652.